The molecule has 24 heavy (non-hydrogen) atoms. The minimum atomic E-state index is -0.810. The lowest BCUT2D eigenvalue weighted by Gasteiger charge is -2.44. The smallest absolute Gasteiger partial charge is 0.310 e. The van der Waals surface area contributed by atoms with Crippen molar-refractivity contribution in [1.29, 1.82) is 0 Å². The maximum absolute atomic E-state index is 13.0. The molecule has 0 radical (unpaired) electrons. The van der Waals surface area contributed by atoms with Crippen LogP contribution in [0, 0.1) is 18.3 Å². The number of hydrogen-bond donors (Lipinski definition) is 1. The number of amides is 1. The third-order valence-electron chi connectivity index (χ3n) is 5.93. The van der Waals surface area contributed by atoms with Crippen LogP contribution >= 0.6 is 0 Å². The first-order valence-corrected chi connectivity index (χ1v) is 9.02. The SMILES string of the molecule is Cc1ccc(C2C(C)CCCN2C(=O)CC2(C(=O)O)CCC2)cc1. The second kappa shape index (κ2) is 6.58. The number of hydrogen-bond acceptors (Lipinski definition) is 2. The first-order chi connectivity index (χ1) is 11.4. The molecule has 2 atom stereocenters. The molecule has 1 amide bonds. The summed E-state index contributed by atoms with van der Waals surface area (Å²) >= 11 is 0. The van der Waals surface area contributed by atoms with Gasteiger partial charge in [0.2, 0.25) is 5.91 Å². The second-order valence-electron chi connectivity index (χ2n) is 7.68. The van der Waals surface area contributed by atoms with Crippen LogP contribution in [0.3, 0.4) is 0 Å². The van der Waals surface area contributed by atoms with Gasteiger partial charge in [-0.3, -0.25) is 9.59 Å². The summed E-state index contributed by atoms with van der Waals surface area (Å²) in [5.41, 5.74) is 1.56. The summed E-state index contributed by atoms with van der Waals surface area (Å²) in [5.74, 6) is -0.402. The summed E-state index contributed by atoms with van der Waals surface area (Å²) in [7, 11) is 0. The molecule has 1 aromatic carbocycles. The number of carbonyl (C=O) groups is 2. The minimum absolute atomic E-state index is 0.00854. The molecule has 2 unspecified atom stereocenters. The zero-order chi connectivity index (χ0) is 17.3. The van der Waals surface area contributed by atoms with E-state index in [1.807, 2.05) is 4.90 Å². The zero-order valence-electron chi connectivity index (χ0n) is 14.6. The van der Waals surface area contributed by atoms with Crippen LogP contribution in [0.1, 0.15) is 62.6 Å². The Morgan fingerprint density at radius 1 is 1.21 bits per heavy atom. The topological polar surface area (TPSA) is 57.6 Å². The number of carboxylic acids is 1. The first-order valence-electron chi connectivity index (χ1n) is 9.02. The maximum Gasteiger partial charge on any atom is 0.310 e. The summed E-state index contributed by atoms with van der Waals surface area (Å²) in [6.45, 7) is 4.99. The third kappa shape index (κ3) is 3.06. The Balaban J connectivity index is 1.82. The fourth-order valence-electron chi connectivity index (χ4n) is 4.20. The van der Waals surface area contributed by atoms with Crippen molar-refractivity contribution in [3.63, 3.8) is 0 Å². The van der Waals surface area contributed by atoms with E-state index in [1.165, 1.54) is 11.1 Å². The van der Waals surface area contributed by atoms with E-state index in [1.54, 1.807) is 0 Å². The van der Waals surface area contributed by atoms with E-state index in [0.717, 1.165) is 25.8 Å². The van der Waals surface area contributed by atoms with Crippen molar-refractivity contribution >= 4 is 11.9 Å². The van der Waals surface area contributed by atoms with Gasteiger partial charge >= 0.3 is 5.97 Å². The van der Waals surface area contributed by atoms with E-state index < -0.39 is 11.4 Å². The predicted octanol–water partition coefficient (Wildman–Crippen LogP) is 3.94. The molecule has 0 spiro atoms. The molecule has 4 nitrogen and oxygen atoms in total. The van der Waals surface area contributed by atoms with E-state index in [4.69, 9.17) is 0 Å². The monoisotopic (exact) mass is 329 g/mol. The lowest BCUT2D eigenvalue weighted by molar-refractivity contribution is -0.160. The average Bonchev–Trinajstić information content (AvgIpc) is 2.51. The molecule has 2 fully saturated rings. The second-order valence-corrected chi connectivity index (χ2v) is 7.68. The number of aliphatic carboxylic acids is 1. The molecule has 3 rings (SSSR count). The lowest BCUT2D eigenvalue weighted by Crippen LogP contribution is -2.47. The largest absolute Gasteiger partial charge is 0.481 e. The molecule has 1 N–H and O–H groups in total. The van der Waals surface area contributed by atoms with Crippen LogP contribution in [0.15, 0.2) is 24.3 Å². The summed E-state index contributed by atoms with van der Waals surface area (Å²) in [6, 6.07) is 8.46. The van der Waals surface area contributed by atoms with Crippen molar-refractivity contribution < 1.29 is 14.7 Å². The number of aryl methyl sites for hydroxylation is 1. The number of carboxylic acid groups (broad SMARTS) is 1. The van der Waals surface area contributed by atoms with Gasteiger partial charge in [0.15, 0.2) is 0 Å². The summed E-state index contributed by atoms with van der Waals surface area (Å²) < 4.78 is 0. The van der Waals surface area contributed by atoms with E-state index >= 15 is 0 Å². The van der Waals surface area contributed by atoms with Crippen LogP contribution in [0.4, 0.5) is 0 Å². The molecule has 0 bridgehead atoms. The average molecular weight is 329 g/mol. The Kier molecular flexibility index (Phi) is 4.66. The summed E-state index contributed by atoms with van der Waals surface area (Å²) in [6.07, 6.45) is 4.43. The van der Waals surface area contributed by atoms with Crippen LogP contribution in [0.2, 0.25) is 0 Å². The maximum atomic E-state index is 13.0. The van der Waals surface area contributed by atoms with E-state index in [-0.39, 0.29) is 18.4 Å². The normalized spacial score (nSPS) is 25.8. The summed E-state index contributed by atoms with van der Waals surface area (Å²) in [4.78, 5) is 26.5. The third-order valence-corrected chi connectivity index (χ3v) is 5.93. The number of carbonyl (C=O) groups excluding carboxylic acids is 1. The van der Waals surface area contributed by atoms with Crippen molar-refractivity contribution in [3.05, 3.63) is 35.4 Å². The number of piperidine rings is 1. The quantitative estimate of drug-likeness (QED) is 0.910. The molecule has 1 heterocycles. The zero-order valence-corrected chi connectivity index (χ0v) is 14.6. The van der Waals surface area contributed by atoms with Crippen molar-refractivity contribution in [2.24, 2.45) is 11.3 Å². The van der Waals surface area contributed by atoms with E-state index in [9.17, 15) is 14.7 Å². The molecule has 1 saturated carbocycles. The number of nitrogens with zero attached hydrogens (tertiary/aromatic N) is 1. The van der Waals surface area contributed by atoms with Gasteiger partial charge in [-0.05, 0) is 44.1 Å². The molecule has 1 aliphatic heterocycles. The molecule has 2 aliphatic rings. The van der Waals surface area contributed by atoms with Crippen molar-refractivity contribution in [1.82, 2.24) is 4.90 Å². The van der Waals surface area contributed by atoms with Crippen molar-refractivity contribution in [2.45, 2.75) is 58.4 Å². The highest BCUT2D eigenvalue weighted by Crippen LogP contribution is 2.46. The van der Waals surface area contributed by atoms with Crippen LogP contribution < -0.4 is 0 Å². The fraction of sp³-hybridized carbons (Fsp3) is 0.600. The summed E-state index contributed by atoms with van der Waals surface area (Å²) in [5, 5.41) is 9.53. The highest BCUT2D eigenvalue weighted by atomic mass is 16.4. The lowest BCUT2D eigenvalue weighted by atomic mass is 9.66. The Hall–Kier alpha value is -1.84. The fourth-order valence-corrected chi connectivity index (χ4v) is 4.20. The Morgan fingerprint density at radius 3 is 2.42 bits per heavy atom. The Bertz CT molecular complexity index is 618. The van der Waals surface area contributed by atoms with Gasteiger partial charge in [0.25, 0.3) is 0 Å². The highest BCUT2D eigenvalue weighted by Gasteiger charge is 2.47. The number of likely N-dealkylation sites (tertiary alicyclic amines) is 1. The molecule has 1 saturated heterocycles. The highest BCUT2D eigenvalue weighted by molar-refractivity contribution is 5.86. The van der Waals surface area contributed by atoms with Gasteiger partial charge in [-0.2, -0.15) is 0 Å². The van der Waals surface area contributed by atoms with E-state index in [0.29, 0.717) is 18.8 Å². The molecule has 1 aliphatic carbocycles. The first kappa shape index (κ1) is 17.0. The van der Waals surface area contributed by atoms with Gasteiger partial charge in [-0.25, -0.2) is 0 Å². The Labute approximate surface area is 143 Å². The van der Waals surface area contributed by atoms with Gasteiger partial charge in [0.1, 0.15) is 0 Å². The van der Waals surface area contributed by atoms with Crippen LogP contribution in [-0.2, 0) is 9.59 Å². The molecular formula is C20H27NO3. The number of rotatable bonds is 4. The van der Waals surface area contributed by atoms with Crippen molar-refractivity contribution in [2.75, 3.05) is 6.54 Å². The van der Waals surface area contributed by atoms with Gasteiger partial charge in [0, 0.05) is 13.0 Å². The molecule has 0 aromatic heterocycles. The predicted molar refractivity (Wildman–Crippen MR) is 92.6 cm³/mol. The van der Waals surface area contributed by atoms with Crippen molar-refractivity contribution in [3.8, 4) is 0 Å². The number of benzene rings is 1. The van der Waals surface area contributed by atoms with Gasteiger partial charge in [-0.15, -0.1) is 0 Å². The molecule has 130 valence electrons. The standard InChI is InChI=1S/C20H27NO3/c1-14-6-8-16(9-7-14)18-15(2)5-3-12-21(18)17(22)13-20(19(23)24)10-4-11-20/h6-9,15,18H,3-5,10-13H2,1-2H3,(H,23,24). The Morgan fingerprint density at radius 2 is 1.88 bits per heavy atom. The van der Waals surface area contributed by atoms with Crippen LogP contribution in [-0.4, -0.2) is 28.4 Å². The molecular weight excluding hydrogens is 302 g/mol. The van der Waals surface area contributed by atoms with Gasteiger partial charge in [-0.1, -0.05) is 43.2 Å². The molecule has 1 aromatic rings. The van der Waals surface area contributed by atoms with Gasteiger partial charge in [0.05, 0.1) is 11.5 Å². The van der Waals surface area contributed by atoms with E-state index in [2.05, 4.69) is 38.1 Å². The van der Waals surface area contributed by atoms with Crippen LogP contribution in [0.25, 0.3) is 0 Å². The molecule has 4 heteroatoms. The minimum Gasteiger partial charge on any atom is -0.481 e. The van der Waals surface area contributed by atoms with Crippen LogP contribution in [0.5, 0.6) is 0 Å². The van der Waals surface area contributed by atoms with Gasteiger partial charge < -0.3 is 10.0 Å².